The summed E-state index contributed by atoms with van der Waals surface area (Å²) in [5.41, 5.74) is 2.58. The summed E-state index contributed by atoms with van der Waals surface area (Å²) in [7, 11) is 0. The molecule has 0 saturated carbocycles. The van der Waals surface area contributed by atoms with Crippen molar-refractivity contribution >= 4 is 35.2 Å². The maximum atomic E-state index is 12.5. The fourth-order valence-corrected chi connectivity index (χ4v) is 2.70. The van der Waals surface area contributed by atoms with Crippen LogP contribution < -0.4 is 5.32 Å². The van der Waals surface area contributed by atoms with Crippen LogP contribution in [0.2, 0.25) is 5.02 Å². The van der Waals surface area contributed by atoms with Crippen LogP contribution in [-0.4, -0.2) is 29.8 Å². The Balaban J connectivity index is 2.01. The van der Waals surface area contributed by atoms with Gasteiger partial charge < -0.3 is 10.2 Å². The summed E-state index contributed by atoms with van der Waals surface area (Å²) in [6, 6.07) is 14.8. The Bertz CT molecular complexity index is 802. The number of nitrogens with zero attached hydrogens (tertiary/aromatic N) is 1. The van der Waals surface area contributed by atoms with Crippen LogP contribution in [0.3, 0.4) is 0 Å². The van der Waals surface area contributed by atoms with Crippen molar-refractivity contribution < 1.29 is 9.59 Å². The monoisotopic (exact) mass is 370 g/mol. The van der Waals surface area contributed by atoms with Gasteiger partial charge in [-0.25, -0.2) is 0 Å². The Kier molecular flexibility index (Phi) is 7.42. The molecule has 26 heavy (non-hydrogen) atoms. The van der Waals surface area contributed by atoms with Crippen LogP contribution in [0.15, 0.2) is 54.6 Å². The van der Waals surface area contributed by atoms with Crippen molar-refractivity contribution in [3.63, 3.8) is 0 Å². The van der Waals surface area contributed by atoms with E-state index < -0.39 is 0 Å². The SMILES string of the molecule is CCCN(CC(=O)Nc1ccccc1C)C(=O)/C=C/c1cccc(Cl)c1. The van der Waals surface area contributed by atoms with Gasteiger partial charge in [0, 0.05) is 23.3 Å². The van der Waals surface area contributed by atoms with E-state index in [0.29, 0.717) is 11.6 Å². The van der Waals surface area contributed by atoms with Gasteiger partial charge in [-0.15, -0.1) is 0 Å². The second-order valence-corrected chi connectivity index (χ2v) is 6.45. The van der Waals surface area contributed by atoms with Crippen LogP contribution in [0, 0.1) is 6.92 Å². The highest BCUT2D eigenvalue weighted by molar-refractivity contribution is 6.30. The van der Waals surface area contributed by atoms with Crippen LogP contribution >= 0.6 is 11.6 Å². The Hall–Kier alpha value is -2.59. The molecular weight excluding hydrogens is 348 g/mol. The zero-order chi connectivity index (χ0) is 18.9. The average molecular weight is 371 g/mol. The molecule has 0 aliphatic carbocycles. The molecule has 2 amide bonds. The highest BCUT2D eigenvalue weighted by Gasteiger charge is 2.15. The van der Waals surface area contributed by atoms with Gasteiger partial charge in [0.25, 0.3) is 0 Å². The van der Waals surface area contributed by atoms with Gasteiger partial charge in [0.1, 0.15) is 6.54 Å². The second-order valence-electron chi connectivity index (χ2n) is 6.01. The van der Waals surface area contributed by atoms with Crippen molar-refractivity contribution in [1.29, 1.82) is 0 Å². The topological polar surface area (TPSA) is 49.4 Å². The molecule has 0 heterocycles. The summed E-state index contributed by atoms with van der Waals surface area (Å²) in [5.74, 6) is -0.413. The van der Waals surface area contributed by atoms with Gasteiger partial charge in [0.15, 0.2) is 0 Å². The standard InChI is InChI=1S/C21H23ClN2O2/c1-3-13-24(15-20(25)23-19-10-5-4-7-16(19)2)21(26)12-11-17-8-6-9-18(22)14-17/h4-12,14H,3,13,15H2,1-2H3,(H,23,25)/b12-11+. The second kappa shape index (κ2) is 9.78. The molecular formula is C21H23ClN2O2. The minimum Gasteiger partial charge on any atom is -0.330 e. The van der Waals surface area contributed by atoms with Crippen molar-refractivity contribution in [3.8, 4) is 0 Å². The average Bonchev–Trinajstić information content (AvgIpc) is 2.61. The smallest absolute Gasteiger partial charge is 0.247 e. The van der Waals surface area contributed by atoms with E-state index in [4.69, 9.17) is 11.6 Å². The Morgan fingerprint density at radius 2 is 1.92 bits per heavy atom. The lowest BCUT2D eigenvalue weighted by Crippen LogP contribution is -2.37. The van der Waals surface area contributed by atoms with E-state index in [1.54, 1.807) is 18.2 Å². The van der Waals surface area contributed by atoms with Gasteiger partial charge in [-0.3, -0.25) is 9.59 Å². The van der Waals surface area contributed by atoms with Crippen LogP contribution in [0.25, 0.3) is 6.08 Å². The fourth-order valence-electron chi connectivity index (χ4n) is 2.50. The Morgan fingerprint density at radius 1 is 1.15 bits per heavy atom. The molecule has 2 aromatic rings. The summed E-state index contributed by atoms with van der Waals surface area (Å²) in [6.07, 6.45) is 3.95. The molecule has 0 radical (unpaired) electrons. The van der Waals surface area contributed by atoms with E-state index in [9.17, 15) is 9.59 Å². The Morgan fingerprint density at radius 3 is 2.62 bits per heavy atom. The molecule has 0 fully saturated rings. The molecule has 0 aliphatic heterocycles. The first-order chi connectivity index (χ1) is 12.5. The Labute approximate surface area is 159 Å². The highest BCUT2D eigenvalue weighted by atomic mass is 35.5. The van der Waals surface area contributed by atoms with Crippen molar-refractivity contribution in [2.75, 3.05) is 18.4 Å². The predicted octanol–water partition coefficient (Wildman–Crippen LogP) is 4.54. The van der Waals surface area contributed by atoms with Gasteiger partial charge in [-0.2, -0.15) is 0 Å². The molecule has 5 heteroatoms. The summed E-state index contributed by atoms with van der Waals surface area (Å²) >= 11 is 5.95. The van der Waals surface area contributed by atoms with Crippen LogP contribution in [0.1, 0.15) is 24.5 Å². The molecule has 2 aromatic carbocycles. The number of hydrogen-bond acceptors (Lipinski definition) is 2. The molecule has 2 rings (SSSR count). The number of benzene rings is 2. The molecule has 1 N–H and O–H groups in total. The van der Waals surface area contributed by atoms with Crippen LogP contribution in [0.5, 0.6) is 0 Å². The number of nitrogens with one attached hydrogen (secondary N) is 1. The first-order valence-electron chi connectivity index (χ1n) is 8.57. The molecule has 0 bridgehead atoms. The minimum atomic E-state index is -0.211. The van der Waals surface area contributed by atoms with E-state index in [1.807, 2.05) is 50.2 Å². The van der Waals surface area contributed by atoms with Crippen molar-refractivity contribution in [3.05, 3.63) is 70.8 Å². The van der Waals surface area contributed by atoms with E-state index in [2.05, 4.69) is 5.32 Å². The summed E-state index contributed by atoms with van der Waals surface area (Å²) in [6.45, 7) is 4.43. The van der Waals surface area contributed by atoms with Crippen molar-refractivity contribution in [2.24, 2.45) is 0 Å². The maximum absolute atomic E-state index is 12.5. The highest BCUT2D eigenvalue weighted by Crippen LogP contribution is 2.14. The number of aryl methyl sites for hydroxylation is 1. The predicted molar refractivity (Wildman–Crippen MR) is 107 cm³/mol. The first-order valence-corrected chi connectivity index (χ1v) is 8.95. The van der Waals surface area contributed by atoms with E-state index >= 15 is 0 Å². The molecule has 4 nitrogen and oxygen atoms in total. The number of halogens is 1. The molecule has 0 atom stereocenters. The number of anilines is 1. The lowest BCUT2D eigenvalue weighted by atomic mass is 10.2. The van der Waals surface area contributed by atoms with Crippen LogP contribution in [-0.2, 0) is 9.59 Å². The first kappa shape index (κ1) is 19.7. The number of para-hydroxylation sites is 1. The lowest BCUT2D eigenvalue weighted by Gasteiger charge is -2.20. The van der Waals surface area contributed by atoms with E-state index in [0.717, 1.165) is 23.2 Å². The van der Waals surface area contributed by atoms with Gasteiger partial charge in [-0.1, -0.05) is 48.9 Å². The largest absolute Gasteiger partial charge is 0.330 e. The normalized spacial score (nSPS) is 10.7. The summed E-state index contributed by atoms with van der Waals surface area (Å²) in [5, 5.41) is 3.47. The molecule has 0 spiro atoms. The van der Waals surface area contributed by atoms with Crippen LogP contribution in [0.4, 0.5) is 5.69 Å². The number of hydrogen-bond donors (Lipinski definition) is 1. The fraction of sp³-hybridized carbons (Fsp3) is 0.238. The number of amides is 2. The molecule has 0 aliphatic rings. The zero-order valence-corrected chi connectivity index (χ0v) is 15.8. The molecule has 0 aromatic heterocycles. The molecule has 0 saturated heterocycles. The van der Waals surface area contributed by atoms with Gasteiger partial charge >= 0.3 is 0 Å². The quantitative estimate of drug-likeness (QED) is 0.727. The van der Waals surface area contributed by atoms with Gasteiger partial charge in [0.2, 0.25) is 11.8 Å². The zero-order valence-electron chi connectivity index (χ0n) is 15.0. The molecule has 136 valence electrons. The number of carbonyl (C=O) groups excluding carboxylic acids is 2. The third kappa shape index (κ3) is 6.05. The van der Waals surface area contributed by atoms with Gasteiger partial charge in [-0.05, 0) is 48.7 Å². The summed E-state index contributed by atoms with van der Waals surface area (Å²) < 4.78 is 0. The third-order valence-electron chi connectivity index (χ3n) is 3.83. The van der Waals surface area contributed by atoms with Crippen molar-refractivity contribution in [2.45, 2.75) is 20.3 Å². The maximum Gasteiger partial charge on any atom is 0.247 e. The van der Waals surface area contributed by atoms with E-state index in [1.165, 1.54) is 11.0 Å². The van der Waals surface area contributed by atoms with Crippen molar-refractivity contribution in [1.82, 2.24) is 4.90 Å². The minimum absolute atomic E-state index is 0.0148. The lowest BCUT2D eigenvalue weighted by molar-refractivity contribution is -0.130. The number of rotatable bonds is 7. The number of carbonyl (C=O) groups is 2. The van der Waals surface area contributed by atoms with Gasteiger partial charge in [0.05, 0.1) is 0 Å². The summed E-state index contributed by atoms with van der Waals surface area (Å²) in [4.78, 5) is 26.3. The van der Waals surface area contributed by atoms with E-state index in [-0.39, 0.29) is 18.4 Å². The molecule has 0 unspecified atom stereocenters. The third-order valence-corrected chi connectivity index (χ3v) is 4.06.